The van der Waals surface area contributed by atoms with E-state index < -0.39 is 0 Å². The molecule has 7 heteroatoms. The van der Waals surface area contributed by atoms with Crippen LogP contribution in [0.2, 0.25) is 0 Å². The van der Waals surface area contributed by atoms with E-state index in [1.165, 1.54) is 11.8 Å². The lowest BCUT2D eigenvalue weighted by molar-refractivity contribution is -0.130. The van der Waals surface area contributed by atoms with Crippen molar-refractivity contribution in [2.24, 2.45) is 0 Å². The zero-order chi connectivity index (χ0) is 17.4. The summed E-state index contributed by atoms with van der Waals surface area (Å²) in [5.74, 6) is 1.21. The minimum Gasteiger partial charge on any atom is -0.341 e. The van der Waals surface area contributed by atoms with E-state index in [4.69, 9.17) is 0 Å². The van der Waals surface area contributed by atoms with Crippen LogP contribution in [0.1, 0.15) is 12.8 Å². The molecule has 0 bridgehead atoms. The van der Waals surface area contributed by atoms with Gasteiger partial charge in [-0.1, -0.05) is 15.9 Å². The van der Waals surface area contributed by atoms with Gasteiger partial charge in [0.1, 0.15) is 0 Å². The van der Waals surface area contributed by atoms with Crippen LogP contribution in [0, 0.1) is 0 Å². The van der Waals surface area contributed by atoms with Gasteiger partial charge in [0.2, 0.25) is 11.8 Å². The number of hydrogen-bond donors (Lipinski definition) is 1. The lowest BCUT2D eigenvalue weighted by Crippen LogP contribution is -2.34. The van der Waals surface area contributed by atoms with Crippen LogP contribution in [-0.2, 0) is 9.59 Å². The quantitative estimate of drug-likeness (QED) is 0.728. The van der Waals surface area contributed by atoms with E-state index in [1.54, 1.807) is 0 Å². The van der Waals surface area contributed by atoms with Gasteiger partial charge in [0, 0.05) is 42.0 Å². The second-order valence-corrected chi connectivity index (χ2v) is 7.92. The maximum absolute atomic E-state index is 12.2. The molecule has 132 valence electrons. The summed E-state index contributed by atoms with van der Waals surface area (Å²) in [7, 11) is 2.09. The Balaban J connectivity index is 1.62. The van der Waals surface area contributed by atoms with E-state index >= 15 is 0 Å². The molecular weight excluding hydrogens is 390 g/mol. The van der Waals surface area contributed by atoms with E-state index in [9.17, 15) is 9.59 Å². The maximum atomic E-state index is 12.2. The van der Waals surface area contributed by atoms with Gasteiger partial charge in [0.15, 0.2) is 0 Å². The summed E-state index contributed by atoms with van der Waals surface area (Å²) < 4.78 is 0.980. The van der Waals surface area contributed by atoms with E-state index in [2.05, 4.69) is 33.2 Å². The Morgan fingerprint density at radius 1 is 1.17 bits per heavy atom. The number of benzene rings is 1. The monoisotopic (exact) mass is 413 g/mol. The van der Waals surface area contributed by atoms with Crippen LogP contribution in [0.15, 0.2) is 28.7 Å². The Hall–Kier alpha value is -1.05. The number of rotatable bonds is 6. The number of likely N-dealkylation sites (N-methyl/N-ethyl adjacent to an activating group) is 1. The summed E-state index contributed by atoms with van der Waals surface area (Å²) >= 11 is 4.86. The highest BCUT2D eigenvalue weighted by molar-refractivity contribution is 9.10. The predicted molar refractivity (Wildman–Crippen MR) is 103 cm³/mol. The lowest BCUT2D eigenvalue weighted by Gasteiger charge is -2.20. The molecule has 0 saturated carbocycles. The topological polar surface area (TPSA) is 52.7 Å². The number of thioether (sulfide) groups is 1. The number of hydrogen-bond acceptors (Lipinski definition) is 4. The van der Waals surface area contributed by atoms with Gasteiger partial charge in [-0.3, -0.25) is 9.59 Å². The van der Waals surface area contributed by atoms with Crippen molar-refractivity contribution < 1.29 is 9.59 Å². The molecule has 1 saturated heterocycles. The fourth-order valence-electron chi connectivity index (χ4n) is 2.51. The first-order valence-electron chi connectivity index (χ1n) is 8.14. The van der Waals surface area contributed by atoms with Gasteiger partial charge < -0.3 is 15.1 Å². The molecule has 1 fully saturated rings. The molecule has 0 radical (unpaired) electrons. The van der Waals surface area contributed by atoms with Crippen LogP contribution in [0.25, 0.3) is 0 Å². The van der Waals surface area contributed by atoms with Crippen LogP contribution in [0.3, 0.4) is 0 Å². The Bertz CT molecular complexity index is 553. The number of halogens is 1. The van der Waals surface area contributed by atoms with Crippen LogP contribution >= 0.6 is 27.7 Å². The van der Waals surface area contributed by atoms with E-state index in [-0.39, 0.29) is 11.8 Å². The zero-order valence-corrected chi connectivity index (χ0v) is 16.4. The van der Waals surface area contributed by atoms with Crippen LogP contribution in [0.4, 0.5) is 5.69 Å². The fraction of sp³-hybridized carbons (Fsp3) is 0.529. The van der Waals surface area contributed by atoms with Crippen LogP contribution in [-0.4, -0.2) is 66.3 Å². The van der Waals surface area contributed by atoms with E-state index in [0.717, 1.165) is 42.8 Å². The summed E-state index contributed by atoms with van der Waals surface area (Å²) in [6, 6.07) is 7.49. The molecule has 1 aliphatic heterocycles. The zero-order valence-electron chi connectivity index (χ0n) is 14.0. The highest BCUT2D eigenvalue weighted by atomic mass is 79.9. The lowest BCUT2D eigenvalue weighted by atomic mass is 10.3. The number of nitrogens with zero attached hydrogens (tertiary/aromatic N) is 2. The SMILES string of the molecule is CN1CCCN(C(=O)CCSCC(=O)Nc2ccc(Br)cc2)CC1. The predicted octanol–water partition coefficient (Wildman–Crippen LogP) is 2.68. The molecule has 1 N–H and O–H groups in total. The molecule has 0 aliphatic carbocycles. The number of anilines is 1. The van der Waals surface area contributed by atoms with Gasteiger partial charge in [-0.05, 0) is 44.3 Å². The first kappa shape index (κ1) is 19.3. The molecule has 0 atom stereocenters. The van der Waals surface area contributed by atoms with Crippen molar-refractivity contribution in [1.82, 2.24) is 9.80 Å². The van der Waals surface area contributed by atoms with Gasteiger partial charge >= 0.3 is 0 Å². The molecule has 0 spiro atoms. The summed E-state index contributed by atoms with van der Waals surface area (Å²) in [6.07, 6.45) is 1.53. The van der Waals surface area contributed by atoms with E-state index in [1.807, 2.05) is 29.2 Å². The van der Waals surface area contributed by atoms with Crippen molar-refractivity contribution in [1.29, 1.82) is 0 Å². The molecule has 5 nitrogen and oxygen atoms in total. The average Bonchev–Trinajstić information content (AvgIpc) is 2.78. The van der Waals surface area contributed by atoms with Crippen molar-refractivity contribution in [2.45, 2.75) is 12.8 Å². The molecule has 24 heavy (non-hydrogen) atoms. The molecule has 0 unspecified atom stereocenters. The minimum absolute atomic E-state index is 0.0360. The third-order valence-electron chi connectivity index (χ3n) is 3.89. The Kier molecular flexibility index (Phi) is 8.08. The Morgan fingerprint density at radius 3 is 2.67 bits per heavy atom. The van der Waals surface area contributed by atoms with Crippen molar-refractivity contribution in [3.8, 4) is 0 Å². The summed E-state index contributed by atoms with van der Waals surface area (Å²) in [5.41, 5.74) is 0.786. The average molecular weight is 414 g/mol. The minimum atomic E-state index is -0.0360. The molecule has 0 aromatic heterocycles. The third-order valence-corrected chi connectivity index (χ3v) is 5.38. The van der Waals surface area contributed by atoms with Gasteiger partial charge in [-0.2, -0.15) is 11.8 Å². The van der Waals surface area contributed by atoms with Gasteiger partial charge in [-0.15, -0.1) is 0 Å². The van der Waals surface area contributed by atoms with Crippen molar-refractivity contribution >= 4 is 45.2 Å². The smallest absolute Gasteiger partial charge is 0.234 e. The Labute approximate surface area is 156 Å². The fourth-order valence-corrected chi connectivity index (χ4v) is 3.49. The number of nitrogens with one attached hydrogen (secondary N) is 1. The normalized spacial score (nSPS) is 15.8. The molecule has 1 heterocycles. The van der Waals surface area contributed by atoms with Crippen molar-refractivity contribution in [3.63, 3.8) is 0 Å². The number of carbonyl (C=O) groups is 2. The maximum Gasteiger partial charge on any atom is 0.234 e. The summed E-state index contributed by atoms with van der Waals surface area (Å²) in [5, 5.41) is 2.85. The van der Waals surface area contributed by atoms with Crippen LogP contribution in [0.5, 0.6) is 0 Å². The van der Waals surface area contributed by atoms with Crippen LogP contribution < -0.4 is 5.32 Å². The molecular formula is C17H24BrN3O2S. The summed E-state index contributed by atoms with van der Waals surface area (Å²) in [4.78, 5) is 28.3. The molecule has 2 rings (SSSR count). The Morgan fingerprint density at radius 2 is 1.92 bits per heavy atom. The summed E-state index contributed by atoms with van der Waals surface area (Å²) in [6.45, 7) is 3.64. The molecule has 1 aliphatic rings. The highest BCUT2D eigenvalue weighted by Gasteiger charge is 2.17. The molecule has 2 amide bonds. The molecule has 1 aromatic rings. The second kappa shape index (κ2) is 10.1. The van der Waals surface area contributed by atoms with E-state index in [0.29, 0.717) is 17.9 Å². The number of amides is 2. The standard InChI is InChI=1S/C17H24BrN3O2S/c1-20-8-2-9-21(11-10-20)17(23)7-12-24-13-16(22)19-15-5-3-14(18)4-6-15/h3-6H,2,7-13H2,1H3,(H,19,22). The third kappa shape index (κ3) is 6.83. The molecule has 1 aromatic carbocycles. The van der Waals surface area contributed by atoms with Gasteiger partial charge in [0.25, 0.3) is 0 Å². The first-order valence-corrected chi connectivity index (χ1v) is 10.1. The van der Waals surface area contributed by atoms with Crippen molar-refractivity contribution in [2.75, 3.05) is 50.0 Å². The van der Waals surface area contributed by atoms with Gasteiger partial charge in [0.05, 0.1) is 5.75 Å². The second-order valence-electron chi connectivity index (χ2n) is 5.90. The van der Waals surface area contributed by atoms with Crippen molar-refractivity contribution in [3.05, 3.63) is 28.7 Å². The largest absolute Gasteiger partial charge is 0.341 e. The number of carbonyl (C=O) groups excluding carboxylic acids is 2. The highest BCUT2D eigenvalue weighted by Crippen LogP contribution is 2.15. The first-order chi connectivity index (χ1) is 11.5. The van der Waals surface area contributed by atoms with Gasteiger partial charge in [-0.25, -0.2) is 0 Å².